The van der Waals surface area contributed by atoms with Crippen molar-refractivity contribution in [1.82, 2.24) is 20.8 Å². The Bertz CT molecular complexity index is 762. The van der Waals surface area contributed by atoms with E-state index < -0.39 is 39.8 Å². The number of nitrogens with one attached hydrogen (secondary N) is 2. The molecule has 2 bridgehead atoms. The van der Waals surface area contributed by atoms with E-state index >= 15 is 0 Å². The van der Waals surface area contributed by atoms with Gasteiger partial charge in [0.2, 0.25) is 5.91 Å². The first kappa shape index (κ1) is 17.5. The van der Waals surface area contributed by atoms with Crippen molar-refractivity contribution >= 4 is 28.2 Å². The predicted molar refractivity (Wildman–Crippen MR) is 81.0 cm³/mol. The van der Waals surface area contributed by atoms with E-state index in [1.807, 2.05) is 0 Å². The summed E-state index contributed by atoms with van der Waals surface area (Å²) in [5.41, 5.74) is 4.01. The molecule has 144 valence electrons. The van der Waals surface area contributed by atoms with Crippen LogP contribution in [-0.2, 0) is 29.0 Å². The minimum absolute atomic E-state index is 0.0480. The monoisotopic (exact) mass is 390 g/mol. The molecule has 1 spiro atoms. The van der Waals surface area contributed by atoms with Crippen LogP contribution in [0.25, 0.3) is 0 Å². The summed E-state index contributed by atoms with van der Waals surface area (Å²) in [6.45, 7) is 0.497. The summed E-state index contributed by atoms with van der Waals surface area (Å²) in [5.74, 6) is -0.951. The standard InChI is InChI=1S/C13H18N4O8S/c18-10(7-1-2-7)14-15-11(19)8-3-13(5-24-6-13)9-4-16(8)12(20)17(9)25-26(21,22)23/h7-9H,1-6H2,(H,14,18)(H,15,19)(H,21,22,23)/t8-,9-/m0/s1. The zero-order chi connectivity index (χ0) is 18.7. The van der Waals surface area contributed by atoms with Crippen LogP contribution in [0.15, 0.2) is 0 Å². The van der Waals surface area contributed by atoms with Crippen LogP contribution in [0.5, 0.6) is 0 Å². The van der Waals surface area contributed by atoms with Crippen molar-refractivity contribution in [2.45, 2.75) is 31.3 Å². The fraction of sp³-hybridized carbons (Fsp3) is 0.769. The highest BCUT2D eigenvalue weighted by Crippen LogP contribution is 2.47. The largest absolute Gasteiger partial charge is 0.418 e. The SMILES string of the molecule is O=C(NNC(=O)[C@@H]1CC2(COC2)[C@@H]2CN1C(=O)N2OS(=O)(=O)O)C1CC1. The minimum Gasteiger partial charge on any atom is -0.380 e. The second kappa shape index (κ2) is 5.77. The van der Waals surface area contributed by atoms with Crippen molar-refractivity contribution in [3.8, 4) is 0 Å². The number of hydroxylamine groups is 2. The average Bonchev–Trinajstić information content (AvgIpc) is 3.34. The number of hydrogen-bond acceptors (Lipinski definition) is 7. The molecule has 0 aromatic heterocycles. The van der Waals surface area contributed by atoms with Crippen molar-refractivity contribution in [3.63, 3.8) is 0 Å². The first-order valence-electron chi connectivity index (χ1n) is 8.14. The van der Waals surface area contributed by atoms with Gasteiger partial charge in [0.15, 0.2) is 0 Å². The van der Waals surface area contributed by atoms with Gasteiger partial charge in [0.1, 0.15) is 6.04 Å². The van der Waals surface area contributed by atoms with Crippen LogP contribution in [0.1, 0.15) is 19.3 Å². The van der Waals surface area contributed by atoms with Crippen molar-refractivity contribution in [1.29, 1.82) is 0 Å². The number of amides is 4. The summed E-state index contributed by atoms with van der Waals surface area (Å²) in [7, 11) is -4.90. The van der Waals surface area contributed by atoms with Crippen LogP contribution in [0, 0.1) is 11.3 Å². The van der Waals surface area contributed by atoms with Gasteiger partial charge in [0.25, 0.3) is 5.91 Å². The number of ether oxygens (including phenoxy) is 1. The zero-order valence-electron chi connectivity index (χ0n) is 13.6. The van der Waals surface area contributed by atoms with Crippen LogP contribution < -0.4 is 10.9 Å². The molecular formula is C13H18N4O8S. The van der Waals surface area contributed by atoms with Gasteiger partial charge in [-0.15, -0.1) is 4.28 Å². The van der Waals surface area contributed by atoms with Gasteiger partial charge in [-0.3, -0.25) is 25.0 Å². The van der Waals surface area contributed by atoms with Crippen LogP contribution in [0.3, 0.4) is 0 Å². The highest BCUT2D eigenvalue weighted by atomic mass is 32.3. The lowest BCUT2D eigenvalue weighted by atomic mass is 9.71. The van der Waals surface area contributed by atoms with Gasteiger partial charge >= 0.3 is 16.4 Å². The van der Waals surface area contributed by atoms with E-state index in [1.54, 1.807) is 0 Å². The number of piperidine rings is 1. The molecule has 26 heavy (non-hydrogen) atoms. The van der Waals surface area contributed by atoms with Crippen LogP contribution >= 0.6 is 0 Å². The number of carbonyl (C=O) groups excluding carboxylic acids is 3. The summed E-state index contributed by atoms with van der Waals surface area (Å²) >= 11 is 0. The molecule has 13 heteroatoms. The van der Waals surface area contributed by atoms with Crippen molar-refractivity contribution < 1.29 is 36.4 Å². The van der Waals surface area contributed by atoms with Crippen molar-refractivity contribution in [2.75, 3.05) is 19.8 Å². The molecule has 0 unspecified atom stereocenters. The lowest BCUT2D eigenvalue weighted by molar-refractivity contribution is -0.193. The Morgan fingerprint density at radius 1 is 1.23 bits per heavy atom. The van der Waals surface area contributed by atoms with Gasteiger partial charge in [-0.25, -0.2) is 4.79 Å². The summed E-state index contributed by atoms with van der Waals surface area (Å²) in [6, 6.07) is -2.43. The van der Waals surface area contributed by atoms with E-state index in [0.29, 0.717) is 5.06 Å². The molecule has 0 radical (unpaired) electrons. The van der Waals surface area contributed by atoms with Gasteiger partial charge in [0, 0.05) is 17.9 Å². The Morgan fingerprint density at radius 2 is 1.88 bits per heavy atom. The highest BCUT2D eigenvalue weighted by Gasteiger charge is 2.63. The molecule has 3 saturated heterocycles. The van der Waals surface area contributed by atoms with E-state index in [2.05, 4.69) is 15.1 Å². The van der Waals surface area contributed by atoms with E-state index in [-0.39, 0.29) is 38.0 Å². The lowest BCUT2D eigenvalue weighted by Gasteiger charge is -2.50. The number of rotatable bonds is 4. The molecule has 4 rings (SSSR count). The van der Waals surface area contributed by atoms with Crippen LogP contribution in [0.4, 0.5) is 4.79 Å². The predicted octanol–water partition coefficient (Wildman–Crippen LogP) is -1.83. The maximum absolute atomic E-state index is 12.5. The Kier molecular flexibility index (Phi) is 3.87. The second-order valence-electron chi connectivity index (χ2n) is 7.11. The smallest absolute Gasteiger partial charge is 0.380 e. The number of fused-ring (bicyclic) bond motifs is 3. The zero-order valence-corrected chi connectivity index (χ0v) is 14.4. The first-order valence-corrected chi connectivity index (χ1v) is 9.51. The number of hydrazine groups is 1. The Balaban J connectivity index is 1.51. The topological polar surface area (TPSA) is 155 Å². The van der Waals surface area contributed by atoms with E-state index in [0.717, 1.165) is 17.7 Å². The molecule has 3 N–H and O–H groups in total. The Morgan fingerprint density at radius 3 is 2.42 bits per heavy atom. The Hall–Kier alpha value is -1.96. The summed E-state index contributed by atoms with van der Waals surface area (Å²) in [6.07, 6.45) is 1.78. The third-order valence-corrected chi connectivity index (χ3v) is 5.63. The summed E-state index contributed by atoms with van der Waals surface area (Å²) in [5, 5.41) is 0.591. The van der Waals surface area contributed by atoms with E-state index in [1.165, 1.54) is 0 Å². The van der Waals surface area contributed by atoms with Crippen LogP contribution in [0.2, 0.25) is 0 Å². The molecule has 3 aliphatic heterocycles. The molecular weight excluding hydrogens is 372 g/mol. The van der Waals surface area contributed by atoms with Crippen molar-refractivity contribution in [3.05, 3.63) is 0 Å². The van der Waals surface area contributed by atoms with Crippen LogP contribution in [-0.4, -0.2) is 72.6 Å². The fourth-order valence-corrected chi connectivity index (χ4v) is 4.05. The normalized spacial score (nSPS) is 29.5. The van der Waals surface area contributed by atoms with Gasteiger partial charge in [-0.05, 0) is 19.3 Å². The van der Waals surface area contributed by atoms with E-state index in [4.69, 9.17) is 9.29 Å². The third kappa shape index (κ3) is 2.90. The fourth-order valence-electron chi connectivity index (χ4n) is 3.68. The lowest BCUT2D eigenvalue weighted by Crippen LogP contribution is -2.64. The molecule has 3 heterocycles. The molecule has 4 amide bonds. The average molecular weight is 390 g/mol. The number of nitrogens with zero attached hydrogens (tertiary/aromatic N) is 2. The molecule has 1 saturated carbocycles. The number of carbonyl (C=O) groups is 3. The molecule has 2 atom stereocenters. The van der Waals surface area contributed by atoms with Gasteiger partial charge in [-0.1, -0.05) is 0 Å². The first-order chi connectivity index (χ1) is 12.2. The maximum atomic E-state index is 12.5. The summed E-state index contributed by atoms with van der Waals surface area (Å²) in [4.78, 5) is 37.9. The second-order valence-corrected chi connectivity index (χ2v) is 8.11. The highest BCUT2D eigenvalue weighted by molar-refractivity contribution is 7.80. The molecule has 4 fully saturated rings. The third-order valence-electron chi connectivity index (χ3n) is 5.28. The maximum Gasteiger partial charge on any atom is 0.418 e. The number of hydrogen-bond donors (Lipinski definition) is 3. The number of urea groups is 1. The Labute approximate surface area is 148 Å². The molecule has 12 nitrogen and oxygen atoms in total. The molecule has 0 aromatic carbocycles. The molecule has 4 aliphatic rings. The van der Waals surface area contributed by atoms with Gasteiger partial charge < -0.3 is 9.64 Å². The summed E-state index contributed by atoms with van der Waals surface area (Å²) < 4.78 is 40.7. The van der Waals surface area contributed by atoms with Crippen molar-refractivity contribution in [2.24, 2.45) is 11.3 Å². The van der Waals surface area contributed by atoms with Gasteiger partial charge in [-0.2, -0.15) is 13.5 Å². The quantitative estimate of drug-likeness (QED) is 0.374. The van der Waals surface area contributed by atoms with Gasteiger partial charge in [0.05, 0.1) is 19.3 Å². The molecule has 0 aromatic rings. The van der Waals surface area contributed by atoms with E-state index in [9.17, 15) is 22.8 Å². The minimum atomic E-state index is -4.90. The molecule has 1 aliphatic carbocycles.